The van der Waals surface area contributed by atoms with Crippen LogP contribution in [0.3, 0.4) is 0 Å². The highest BCUT2D eigenvalue weighted by Gasteiger charge is 2.25. The second kappa shape index (κ2) is 16.5. The Hall–Kier alpha value is -9.02. The quantitative estimate of drug-likeness (QED) is 0.115. The van der Waals surface area contributed by atoms with Crippen molar-refractivity contribution in [2.75, 3.05) is 0 Å². The SMILES string of the molecule is Cc1ccc(-n2c3ccccc3c3ccc(C(c4ccc(-c5cc6ccccc6c6ccccc56)cc4)c4cccc5c4sc4ccccc45)cc32)c(-c2ccccc2-c2cccc3c2oc2ccccc23)c1. The first kappa shape index (κ1) is 41.7. The average Bonchev–Trinajstić information content (AvgIpc) is 4.13. The molecule has 0 aliphatic heterocycles. The molecule has 0 amide bonds. The zero-order valence-electron chi connectivity index (χ0n) is 40.0. The third-order valence-electron chi connectivity index (χ3n) is 15.4. The van der Waals surface area contributed by atoms with E-state index < -0.39 is 0 Å². The zero-order chi connectivity index (χ0) is 48.1. The Morgan fingerprint density at radius 3 is 1.88 bits per heavy atom. The van der Waals surface area contributed by atoms with Crippen molar-refractivity contribution in [3.63, 3.8) is 0 Å². The zero-order valence-corrected chi connectivity index (χ0v) is 40.8. The Bertz CT molecular complexity index is 4700. The molecule has 0 saturated carbocycles. The molecule has 0 fully saturated rings. The Morgan fingerprint density at radius 2 is 1.01 bits per heavy atom. The van der Waals surface area contributed by atoms with Crippen LogP contribution in [0.4, 0.5) is 0 Å². The molecule has 15 rings (SSSR count). The van der Waals surface area contributed by atoms with Gasteiger partial charge in [-0.25, -0.2) is 0 Å². The third kappa shape index (κ3) is 6.56. The van der Waals surface area contributed by atoms with E-state index in [9.17, 15) is 0 Å². The minimum absolute atomic E-state index is 0.0578. The summed E-state index contributed by atoms with van der Waals surface area (Å²) in [5.74, 6) is -0.0578. The van der Waals surface area contributed by atoms with Crippen LogP contribution in [0.15, 0.2) is 253 Å². The van der Waals surface area contributed by atoms with E-state index in [4.69, 9.17) is 4.42 Å². The molecule has 1 atom stereocenters. The Balaban J connectivity index is 0.949. The van der Waals surface area contributed by atoms with Crippen molar-refractivity contribution >= 4 is 96.8 Å². The highest BCUT2D eigenvalue weighted by Crippen LogP contribution is 2.47. The Labute approximate surface area is 426 Å². The normalized spacial score (nSPS) is 12.4. The van der Waals surface area contributed by atoms with Gasteiger partial charge >= 0.3 is 0 Å². The smallest absolute Gasteiger partial charge is 0.143 e. The summed E-state index contributed by atoms with van der Waals surface area (Å²) in [5, 5.41) is 12.4. The maximum atomic E-state index is 6.68. The van der Waals surface area contributed by atoms with Crippen molar-refractivity contribution in [3.05, 3.63) is 271 Å². The van der Waals surface area contributed by atoms with Crippen molar-refractivity contribution in [2.24, 2.45) is 0 Å². The van der Waals surface area contributed by atoms with Crippen LogP contribution in [0.2, 0.25) is 0 Å². The molecule has 0 N–H and O–H groups in total. The molecule has 0 bridgehead atoms. The van der Waals surface area contributed by atoms with E-state index in [1.807, 2.05) is 17.4 Å². The average molecular weight is 948 g/mol. The van der Waals surface area contributed by atoms with E-state index in [0.29, 0.717) is 0 Å². The van der Waals surface area contributed by atoms with Gasteiger partial charge in [-0.3, -0.25) is 0 Å². The molecule has 3 heteroatoms. The van der Waals surface area contributed by atoms with Crippen LogP contribution in [0.25, 0.3) is 125 Å². The fraction of sp³-hybridized carbons (Fsp3) is 0.0286. The lowest BCUT2D eigenvalue weighted by molar-refractivity contribution is 0.670. The largest absolute Gasteiger partial charge is 0.455 e. The highest BCUT2D eigenvalue weighted by molar-refractivity contribution is 7.26. The summed E-state index contributed by atoms with van der Waals surface area (Å²) in [6, 6.07) is 92.1. The van der Waals surface area contributed by atoms with Crippen LogP contribution < -0.4 is 0 Å². The van der Waals surface area contributed by atoms with Gasteiger partial charge in [-0.05, 0) is 110 Å². The Kier molecular flexibility index (Phi) is 9.45. The van der Waals surface area contributed by atoms with Crippen molar-refractivity contribution in [3.8, 4) is 39.1 Å². The van der Waals surface area contributed by atoms with E-state index in [0.717, 1.165) is 44.3 Å². The molecule has 3 heterocycles. The van der Waals surface area contributed by atoms with Gasteiger partial charge in [0.25, 0.3) is 0 Å². The number of thiophene rings is 1. The van der Waals surface area contributed by atoms with E-state index in [1.165, 1.54) is 102 Å². The topological polar surface area (TPSA) is 18.1 Å². The summed E-state index contributed by atoms with van der Waals surface area (Å²) in [5.41, 5.74) is 17.3. The number of fused-ring (bicyclic) bond motifs is 12. The van der Waals surface area contributed by atoms with Crippen LogP contribution >= 0.6 is 11.3 Å². The molecule has 0 aliphatic carbocycles. The fourth-order valence-corrected chi connectivity index (χ4v) is 13.3. The van der Waals surface area contributed by atoms with Crippen molar-refractivity contribution in [1.82, 2.24) is 4.57 Å². The standard InChI is InChI=1S/C70H45NOS/c1-43-32-39-64(62(40-43)52-21-7-5-19-50(52)57-25-14-26-58-55-23-9-12-30-66(55)72-69(57)58)71-63-29-11-8-22-53(63)54-38-37-47(42-65(54)71)68(60-28-15-27-59-56-24-10-13-31-67(56)73-70(59)60)45-35-33-44(34-36-45)61-41-46-16-2-3-17-48(46)49-18-4-6-20-51(49)61/h2-42,68H,1H3. The first-order valence-electron chi connectivity index (χ1n) is 25.2. The predicted molar refractivity (Wildman–Crippen MR) is 311 cm³/mol. The van der Waals surface area contributed by atoms with Crippen LogP contribution in [0.1, 0.15) is 28.2 Å². The number of benzene rings is 12. The lowest BCUT2D eigenvalue weighted by Crippen LogP contribution is -2.05. The number of hydrogen-bond acceptors (Lipinski definition) is 2. The lowest BCUT2D eigenvalue weighted by atomic mass is 9.83. The summed E-state index contributed by atoms with van der Waals surface area (Å²) < 4.78 is 11.8. The summed E-state index contributed by atoms with van der Waals surface area (Å²) in [6.07, 6.45) is 0. The van der Waals surface area contributed by atoms with Gasteiger partial charge in [0.1, 0.15) is 11.2 Å². The molecule has 12 aromatic carbocycles. The Morgan fingerprint density at radius 1 is 0.384 bits per heavy atom. The van der Waals surface area contributed by atoms with Crippen molar-refractivity contribution in [2.45, 2.75) is 12.8 Å². The van der Waals surface area contributed by atoms with Crippen LogP contribution in [0, 0.1) is 6.92 Å². The van der Waals surface area contributed by atoms with E-state index in [2.05, 4.69) is 254 Å². The fourth-order valence-electron chi connectivity index (χ4n) is 12.1. The molecule has 3 aromatic heterocycles. The second-order valence-corrected chi connectivity index (χ2v) is 20.6. The van der Waals surface area contributed by atoms with Crippen LogP contribution in [-0.4, -0.2) is 4.57 Å². The molecule has 73 heavy (non-hydrogen) atoms. The number of furan rings is 1. The monoisotopic (exact) mass is 947 g/mol. The van der Waals surface area contributed by atoms with Crippen molar-refractivity contribution < 1.29 is 4.42 Å². The van der Waals surface area contributed by atoms with Crippen LogP contribution in [-0.2, 0) is 0 Å². The third-order valence-corrected chi connectivity index (χ3v) is 16.6. The maximum absolute atomic E-state index is 6.68. The number of aromatic nitrogens is 1. The van der Waals surface area contributed by atoms with Gasteiger partial charge in [0.05, 0.1) is 16.7 Å². The van der Waals surface area contributed by atoms with Gasteiger partial charge in [-0.15, -0.1) is 11.3 Å². The summed E-state index contributed by atoms with van der Waals surface area (Å²) >= 11 is 1.91. The van der Waals surface area contributed by atoms with Gasteiger partial charge in [-0.2, -0.15) is 0 Å². The molecule has 0 saturated heterocycles. The molecule has 0 aliphatic rings. The first-order valence-corrected chi connectivity index (χ1v) is 26.0. The first-order chi connectivity index (χ1) is 36.1. The molecular weight excluding hydrogens is 903 g/mol. The minimum atomic E-state index is -0.0578. The summed E-state index contributed by atoms with van der Waals surface area (Å²) in [7, 11) is 0. The highest BCUT2D eigenvalue weighted by atomic mass is 32.1. The van der Waals surface area contributed by atoms with Gasteiger partial charge in [0.2, 0.25) is 0 Å². The summed E-state index contributed by atoms with van der Waals surface area (Å²) in [6.45, 7) is 2.20. The molecule has 342 valence electrons. The number of para-hydroxylation sites is 3. The van der Waals surface area contributed by atoms with Gasteiger partial charge < -0.3 is 8.98 Å². The lowest BCUT2D eigenvalue weighted by Gasteiger charge is -2.22. The number of rotatable bonds is 7. The van der Waals surface area contributed by atoms with E-state index in [1.54, 1.807) is 0 Å². The molecule has 1 unspecified atom stereocenters. The molecule has 15 aromatic rings. The van der Waals surface area contributed by atoms with E-state index >= 15 is 0 Å². The summed E-state index contributed by atoms with van der Waals surface area (Å²) in [4.78, 5) is 0. The van der Waals surface area contributed by atoms with Crippen molar-refractivity contribution in [1.29, 1.82) is 0 Å². The van der Waals surface area contributed by atoms with E-state index in [-0.39, 0.29) is 5.92 Å². The van der Waals surface area contributed by atoms with Gasteiger partial charge in [-0.1, -0.05) is 212 Å². The minimum Gasteiger partial charge on any atom is -0.455 e. The molecule has 0 radical (unpaired) electrons. The van der Waals surface area contributed by atoms with Crippen LogP contribution in [0.5, 0.6) is 0 Å². The molecular formula is C70H45NOS. The van der Waals surface area contributed by atoms with Gasteiger partial charge in [0, 0.05) is 58.8 Å². The predicted octanol–water partition coefficient (Wildman–Crippen LogP) is 19.8. The molecule has 0 spiro atoms. The maximum Gasteiger partial charge on any atom is 0.143 e. The second-order valence-electron chi connectivity index (χ2n) is 19.5. The van der Waals surface area contributed by atoms with Gasteiger partial charge in [0.15, 0.2) is 0 Å². The number of aryl methyl sites for hydroxylation is 1. The number of hydrogen-bond donors (Lipinski definition) is 0. The number of nitrogens with zero attached hydrogens (tertiary/aromatic N) is 1. The molecule has 2 nitrogen and oxygen atoms in total.